The predicted molar refractivity (Wildman–Crippen MR) is 71.4 cm³/mol. The zero-order valence-electron chi connectivity index (χ0n) is 10.8. The molecule has 0 aromatic carbocycles. The van der Waals surface area contributed by atoms with E-state index in [4.69, 9.17) is 0 Å². The van der Waals surface area contributed by atoms with Crippen molar-refractivity contribution in [1.82, 2.24) is 9.78 Å². The average Bonchev–Trinajstić information content (AvgIpc) is 2.87. The van der Waals surface area contributed by atoms with Gasteiger partial charge in [-0.3, -0.25) is 9.48 Å². The quantitative estimate of drug-likeness (QED) is 0.825. The molecule has 0 radical (unpaired) electrons. The van der Waals surface area contributed by atoms with Crippen molar-refractivity contribution in [2.24, 2.45) is 7.05 Å². The highest BCUT2D eigenvalue weighted by molar-refractivity contribution is 8.01. The Balaban J connectivity index is 2.09. The standard InChI is InChI=1S/C13H20N2OS/c1-4-10-8-11(15(3)14-10)9-12(16)13(2)6-5-7-17-13/h8H,4-7,9H2,1-3H3. The van der Waals surface area contributed by atoms with Crippen LogP contribution in [0.5, 0.6) is 0 Å². The normalized spacial score (nSPS) is 24.2. The van der Waals surface area contributed by atoms with Crippen molar-refractivity contribution in [2.45, 2.75) is 44.3 Å². The third kappa shape index (κ3) is 2.57. The molecule has 0 spiro atoms. The Bertz CT molecular complexity index is 419. The molecule has 17 heavy (non-hydrogen) atoms. The molecular formula is C13H20N2OS. The lowest BCUT2D eigenvalue weighted by Gasteiger charge is -2.20. The number of ketones is 1. The third-order valence-corrected chi connectivity index (χ3v) is 5.10. The molecule has 1 aliphatic heterocycles. The van der Waals surface area contributed by atoms with Crippen LogP contribution in [0.1, 0.15) is 38.1 Å². The summed E-state index contributed by atoms with van der Waals surface area (Å²) in [5.74, 6) is 1.47. The molecule has 0 amide bonds. The summed E-state index contributed by atoms with van der Waals surface area (Å²) in [4.78, 5) is 12.3. The second-order valence-corrected chi connectivity index (χ2v) is 6.48. The highest BCUT2D eigenvalue weighted by Crippen LogP contribution is 2.39. The van der Waals surface area contributed by atoms with Crippen molar-refractivity contribution in [2.75, 3.05) is 5.75 Å². The van der Waals surface area contributed by atoms with Crippen LogP contribution in [-0.2, 0) is 24.7 Å². The molecule has 3 nitrogen and oxygen atoms in total. The molecule has 2 heterocycles. The summed E-state index contributed by atoms with van der Waals surface area (Å²) < 4.78 is 1.69. The summed E-state index contributed by atoms with van der Waals surface area (Å²) in [5.41, 5.74) is 2.11. The first-order valence-corrected chi connectivity index (χ1v) is 7.23. The Morgan fingerprint density at radius 1 is 1.65 bits per heavy atom. The number of carbonyl (C=O) groups is 1. The number of carbonyl (C=O) groups excluding carboxylic acids is 1. The topological polar surface area (TPSA) is 34.9 Å². The zero-order valence-corrected chi connectivity index (χ0v) is 11.6. The van der Waals surface area contributed by atoms with Gasteiger partial charge in [-0.1, -0.05) is 6.92 Å². The van der Waals surface area contributed by atoms with E-state index in [0.717, 1.165) is 30.0 Å². The van der Waals surface area contributed by atoms with Gasteiger partial charge < -0.3 is 0 Å². The van der Waals surface area contributed by atoms with Crippen molar-refractivity contribution in [3.8, 4) is 0 Å². The summed E-state index contributed by atoms with van der Waals surface area (Å²) in [6.07, 6.45) is 3.63. The summed E-state index contributed by atoms with van der Waals surface area (Å²) >= 11 is 1.81. The van der Waals surface area contributed by atoms with Crippen LogP contribution >= 0.6 is 11.8 Å². The number of aryl methyl sites for hydroxylation is 2. The lowest BCUT2D eigenvalue weighted by Crippen LogP contribution is -2.30. The minimum absolute atomic E-state index is 0.156. The Hall–Kier alpha value is -0.770. The molecule has 0 saturated carbocycles. The maximum Gasteiger partial charge on any atom is 0.154 e. The lowest BCUT2D eigenvalue weighted by atomic mass is 9.97. The van der Waals surface area contributed by atoms with Crippen LogP contribution in [0.2, 0.25) is 0 Å². The molecule has 1 fully saturated rings. The van der Waals surface area contributed by atoms with Gasteiger partial charge in [0.1, 0.15) is 0 Å². The molecule has 1 aliphatic rings. The fourth-order valence-electron chi connectivity index (χ4n) is 2.26. The Labute approximate surface area is 107 Å². The van der Waals surface area contributed by atoms with E-state index in [1.54, 1.807) is 0 Å². The molecule has 1 unspecified atom stereocenters. The summed E-state index contributed by atoms with van der Waals surface area (Å²) in [6, 6.07) is 2.06. The lowest BCUT2D eigenvalue weighted by molar-refractivity contribution is -0.120. The van der Waals surface area contributed by atoms with Gasteiger partial charge in [-0.05, 0) is 38.0 Å². The van der Waals surface area contributed by atoms with Crippen molar-refractivity contribution < 1.29 is 4.79 Å². The van der Waals surface area contributed by atoms with Crippen LogP contribution in [0.25, 0.3) is 0 Å². The van der Waals surface area contributed by atoms with Crippen LogP contribution in [-0.4, -0.2) is 26.1 Å². The molecule has 2 rings (SSSR count). The average molecular weight is 252 g/mol. The first kappa shape index (κ1) is 12.7. The molecule has 0 aliphatic carbocycles. The van der Waals surface area contributed by atoms with Crippen molar-refractivity contribution in [1.29, 1.82) is 0 Å². The van der Waals surface area contributed by atoms with Gasteiger partial charge in [0.05, 0.1) is 10.4 Å². The number of hydrogen-bond acceptors (Lipinski definition) is 3. The van der Waals surface area contributed by atoms with E-state index in [-0.39, 0.29) is 4.75 Å². The molecule has 0 N–H and O–H groups in total. The van der Waals surface area contributed by atoms with Crippen LogP contribution in [0.3, 0.4) is 0 Å². The van der Waals surface area contributed by atoms with E-state index in [9.17, 15) is 4.79 Å². The highest BCUT2D eigenvalue weighted by Gasteiger charge is 2.36. The molecule has 1 atom stereocenters. The van der Waals surface area contributed by atoms with E-state index in [0.29, 0.717) is 12.2 Å². The van der Waals surface area contributed by atoms with Gasteiger partial charge in [0, 0.05) is 19.2 Å². The maximum absolute atomic E-state index is 12.3. The summed E-state index contributed by atoms with van der Waals surface area (Å²) in [5, 5.41) is 4.39. The molecule has 94 valence electrons. The van der Waals surface area contributed by atoms with Crippen LogP contribution in [0.4, 0.5) is 0 Å². The SMILES string of the molecule is CCc1cc(CC(=O)C2(C)CCCS2)n(C)n1. The monoisotopic (exact) mass is 252 g/mol. The van der Waals surface area contributed by atoms with Crippen molar-refractivity contribution >= 4 is 17.5 Å². The van der Waals surface area contributed by atoms with Gasteiger partial charge in [-0.25, -0.2) is 0 Å². The minimum Gasteiger partial charge on any atom is -0.298 e. The Kier molecular flexibility index (Phi) is 3.61. The van der Waals surface area contributed by atoms with E-state index >= 15 is 0 Å². The van der Waals surface area contributed by atoms with Crippen LogP contribution in [0.15, 0.2) is 6.07 Å². The van der Waals surface area contributed by atoms with Crippen LogP contribution in [0, 0.1) is 0 Å². The number of hydrogen-bond donors (Lipinski definition) is 0. The molecular weight excluding hydrogens is 232 g/mol. The molecule has 1 aromatic heterocycles. The van der Waals surface area contributed by atoms with Gasteiger partial charge in [-0.2, -0.15) is 5.10 Å². The summed E-state index contributed by atoms with van der Waals surface area (Å²) in [6.45, 7) is 4.17. The molecule has 4 heteroatoms. The van der Waals surface area contributed by atoms with Gasteiger partial charge in [0.15, 0.2) is 5.78 Å². The number of thioether (sulfide) groups is 1. The first-order valence-electron chi connectivity index (χ1n) is 6.24. The van der Waals surface area contributed by atoms with Crippen LogP contribution < -0.4 is 0 Å². The number of nitrogens with zero attached hydrogens (tertiary/aromatic N) is 2. The number of aromatic nitrogens is 2. The third-order valence-electron chi connectivity index (χ3n) is 3.54. The van der Waals surface area contributed by atoms with E-state index in [2.05, 4.69) is 25.0 Å². The van der Waals surface area contributed by atoms with E-state index in [1.165, 1.54) is 6.42 Å². The molecule has 0 bridgehead atoms. The molecule has 1 saturated heterocycles. The zero-order chi connectivity index (χ0) is 12.5. The maximum atomic E-state index is 12.3. The second-order valence-electron chi connectivity index (χ2n) is 4.89. The smallest absolute Gasteiger partial charge is 0.154 e. The van der Waals surface area contributed by atoms with E-state index < -0.39 is 0 Å². The van der Waals surface area contributed by atoms with Crippen molar-refractivity contribution in [3.05, 3.63) is 17.5 Å². The van der Waals surface area contributed by atoms with E-state index in [1.807, 2.05) is 23.5 Å². The van der Waals surface area contributed by atoms with Gasteiger partial charge in [0.2, 0.25) is 0 Å². The minimum atomic E-state index is -0.156. The number of rotatable bonds is 4. The number of Topliss-reactive ketones (excluding diaryl/α,β-unsaturated/α-hetero) is 1. The summed E-state index contributed by atoms with van der Waals surface area (Å²) in [7, 11) is 1.92. The predicted octanol–water partition coefficient (Wildman–Crippen LogP) is 2.38. The van der Waals surface area contributed by atoms with Gasteiger partial charge in [-0.15, -0.1) is 11.8 Å². The first-order chi connectivity index (χ1) is 8.05. The largest absolute Gasteiger partial charge is 0.298 e. The Morgan fingerprint density at radius 2 is 2.41 bits per heavy atom. The fraction of sp³-hybridized carbons (Fsp3) is 0.692. The second kappa shape index (κ2) is 4.84. The fourth-order valence-corrected chi connectivity index (χ4v) is 3.52. The van der Waals surface area contributed by atoms with Crippen molar-refractivity contribution in [3.63, 3.8) is 0 Å². The highest BCUT2D eigenvalue weighted by atomic mass is 32.2. The van der Waals surface area contributed by atoms with Gasteiger partial charge >= 0.3 is 0 Å². The molecule has 1 aromatic rings. The van der Waals surface area contributed by atoms with Gasteiger partial charge in [0.25, 0.3) is 0 Å². The Morgan fingerprint density at radius 3 is 2.94 bits per heavy atom.